The van der Waals surface area contributed by atoms with Crippen molar-refractivity contribution in [2.24, 2.45) is 0 Å². The molecule has 1 saturated heterocycles. The zero-order valence-electron chi connectivity index (χ0n) is 9.70. The van der Waals surface area contributed by atoms with Gasteiger partial charge < -0.3 is 9.64 Å². The number of aromatic nitrogens is 2. The number of rotatable bonds is 3. The van der Waals surface area contributed by atoms with E-state index < -0.39 is 0 Å². The maximum atomic E-state index is 14.1. The summed E-state index contributed by atoms with van der Waals surface area (Å²) in [6.45, 7) is 3.74. The second kappa shape index (κ2) is 5.73. The summed E-state index contributed by atoms with van der Waals surface area (Å²) in [6, 6.07) is 0.123. The zero-order chi connectivity index (χ0) is 12.3. The van der Waals surface area contributed by atoms with Crippen LogP contribution in [0.25, 0.3) is 0 Å². The van der Waals surface area contributed by atoms with E-state index in [4.69, 9.17) is 4.74 Å². The average molecular weight is 304 g/mol. The first-order chi connectivity index (χ1) is 8.27. The highest BCUT2D eigenvalue weighted by atomic mass is 79.9. The lowest BCUT2D eigenvalue weighted by Gasteiger charge is -2.35. The number of halogens is 2. The fraction of sp³-hybridized carbons (Fsp3) is 0.636. The number of aryl methyl sites for hydroxylation is 1. The molecule has 1 aromatic rings. The summed E-state index contributed by atoms with van der Waals surface area (Å²) in [5.74, 6) is 0.0902. The molecular formula is C11H15BrFN3O. The van der Waals surface area contributed by atoms with E-state index in [1.54, 1.807) is 0 Å². The van der Waals surface area contributed by atoms with E-state index >= 15 is 0 Å². The molecule has 0 saturated carbocycles. The first kappa shape index (κ1) is 12.7. The van der Waals surface area contributed by atoms with Crippen molar-refractivity contribution < 1.29 is 9.13 Å². The van der Waals surface area contributed by atoms with Crippen molar-refractivity contribution in [1.29, 1.82) is 0 Å². The minimum Gasteiger partial charge on any atom is -0.377 e. The van der Waals surface area contributed by atoms with E-state index in [9.17, 15) is 4.39 Å². The Kier molecular flexibility index (Phi) is 4.28. The van der Waals surface area contributed by atoms with Crippen molar-refractivity contribution in [1.82, 2.24) is 9.97 Å². The number of anilines is 1. The molecule has 1 fully saturated rings. The van der Waals surface area contributed by atoms with Crippen LogP contribution >= 0.6 is 15.9 Å². The van der Waals surface area contributed by atoms with Crippen molar-refractivity contribution in [3.63, 3.8) is 0 Å². The van der Waals surface area contributed by atoms with Crippen molar-refractivity contribution in [2.45, 2.75) is 19.4 Å². The molecule has 2 rings (SSSR count). The highest BCUT2D eigenvalue weighted by Gasteiger charge is 2.26. The van der Waals surface area contributed by atoms with Crippen LogP contribution in [0.1, 0.15) is 12.6 Å². The molecule has 1 atom stereocenters. The largest absolute Gasteiger partial charge is 0.377 e. The number of alkyl halides is 1. The van der Waals surface area contributed by atoms with E-state index in [-0.39, 0.29) is 11.9 Å². The highest BCUT2D eigenvalue weighted by Crippen LogP contribution is 2.23. The fourth-order valence-electron chi connectivity index (χ4n) is 1.90. The normalized spacial score (nSPS) is 20.6. The Morgan fingerprint density at radius 1 is 1.59 bits per heavy atom. The van der Waals surface area contributed by atoms with Crippen LogP contribution in [0.4, 0.5) is 10.2 Å². The third-order valence-electron chi connectivity index (χ3n) is 2.86. The summed E-state index contributed by atoms with van der Waals surface area (Å²) in [4.78, 5) is 9.97. The van der Waals surface area contributed by atoms with Gasteiger partial charge in [-0.15, -0.1) is 0 Å². The lowest BCUT2D eigenvalue weighted by Crippen LogP contribution is -2.47. The Morgan fingerprint density at radius 2 is 2.41 bits per heavy atom. The molecular weight excluding hydrogens is 289 g/mol. The van der Waals surface area contributed by atoms with Gasteiger partial charge in [-0.2, -0.15) is 0 Å². The topological polar surface area (TPSA) is 38.2 Å². The summed E-state index contributed by atoms with van der Waals surface area (Å²) in [7, 11) is 0. The van der Waals surface area contributed by atoms with Crippen LogP contribution in [0.2, 0.25) is 0 Å². The van der Waals surface area contributed by atoms with Gasteiger partial charge in [0.1, 0.15) is 6.33 Å². The quantitative estimate of drug-likeness (QED) is 0.798. The Labute approximate surface area is 108 Å². The molecule has 17 heavy (non-hydrogen) atoms. The molecule has 0 radical (unpaired) electrons. The Morgan fingerprint density at radius 3 is 3.12 bits per heavy atom. The van der Waals surface area contributed by atoms with Gasteiger partial charge in [0.05, 0.1) is 24.9 Å². The van der Waals surface area contributed by atoms with Gasteiger partial charge in [-0.3, -0.25) is 0 Å². The van der Waals surface area contributed by atoms with E-state index in [0.717, 1.165) is 5.33 Å². The first-order valence-electron chi connectivity index (χ1n) is 5.67. The lowest BCUT2D eigenvalue weighted by molar-refractivity contribution is 0.0995. The molecule has 1 aliphatic heterocycles. The van der Waals surface area contributed by atoms with Crippen molar-refractivity contribution in [2.75, 3.05) is 30.0 Å². The van der Waals surface area contributed by atoms with Crippen molar-refractivity contribution in [3.8, 4) is 0 Å². The third kappa shape index (κ3) is 2.57. The fourth-order valence-corrected chi connectivity index (χ4v) is 2.44. The second-order valence-corrected chi connectivity index (χ2v) is 4.54. The number of ether oxygens (including phenoxy) is 1. The number of nitrogens with zero attached hydrogens (tertiary/aromatic N) is 3. The summed E-state index contributed by atoms with van der Waals surface area (Å²) < 4.78 is 19.5. The molecule has 94 valence electrons. The smallest absolute Gasteiger partial charge is 0.187 e. The van der Waals surface area contributed by atoms with Gasteiger partial charge in [0.25, 0.3) is 0 Å². The monoisotopic (exact) mass is 303 g/mol. The molecule has 1 aromatic heterocycles. The standard InChI is InChI=1S/C11H15BrFN3O/c1-2-9-10(13)11(15-7-14-9)16-3-4-17-6-8(16)5-12/h7-8H,2-6H2,1H3. The highest BCUT2D eigenvalue weighted by molar-refractivity contribution is 9.09. The SMILES string of the molecule is CCc1ncnc(N2CCOCC2CBr)c1F. The molecule has 0 N–H and O–H groups in total. The Hall–Kier alpha value is -0.750. The Bertz CT molecular complexity index is 391. The van der Waals surface area contributed by atoms with E-state index in [0.29, 0.717) is 37.7 Å². The van der Waals surface area contributed by atoms with Crippen LogP contribution in [0.5, 0.6) is 0 Å². The van der Waals surface area contributed by atoms with Crippen LogP contribution in [0, 0.1) is 5.82 Å². The minimum absolute atomic E-state index is 0.123. The van der Waals surface area contributed by atoms with Crippen molar-refractivity contribution in [3.05, 3.63) is 17.8 Å². The van der Waals surface area contributed by atoms with E-state index in [2.05, 4.69) is 25.9 Å². The molecule has 0 spiro atoms. The number of morpholine rings is 1. The van der Waals surface area contributed by atoms with Gasteiger partial charge in [-0.25, -0.2) is 14.4 Å². The molecule has 2 heterocycles. The molecule has 0 bridgehead atoms. The molecule has 1 aliphatic rings. The lowest BCUT2D eigenvalue weighted by atomic mass is 10.2. The van der Waals surface area contributed by atoms with Crippen LogP contribution in [-0.2, 0) is 11.2 Å². The number of hydrogen-bond donors (Lipinski definition) is 0. The first-order valence-corrected chi connectivity index (χ1v) is 6.79. The van der Waals surface area contributed by atoms with Crippen LogP contribution in [-0.4, -0.2) is 41.1 Å². The predicted molar refractivity (Wildman–Crippen MR) is 67.1 cm³/mol. The van der Waals surface area contributed by atoms with Gasteiger partial charge in [0.2, 0.25) is 0 Å². The molecule has 6 heteroatoms. The Balaban J connectivity index is 2.31. The van der Waals surface area contributed by atoms with E-state index in [1.165, 1.54) is 6.33 Å². The van der Waals surface area contributed by atoms with Gasteiger partial charge in [-0.05, 0) is 6.42 Å². The maximum Gasteiger partial charge on any atom is 0.187 e. The second-order valence-electron chi connectivity index (χ2n) is 3.89. The summed E-state index contributed by atoms with van der Waals surface area (Å²) in [5.41, 5.74) is 0.467. The molecule has 4 nitrogen and oxygen atoms in total. The van der Waals surface area contributed by atoms with Gasteiger partial charge in [0, 0.05) is 11.9 Å². The van der Waals surface area contributed by atoms with Gasteiger partial charge in [0.15, 0.2) is 11.6 Å². The molecule has 0 aromatic carbocycles. The molecule has 0 amide bonds. The predicted octanol–water partition coefficient (Wildman–Crippen LogP) is 1.78. The van der Waals surface area contributed by atoms with E-state index in [1.807, 2.05) is 11.8 Å². The molecule has 1 unspecified atom stereocenters. The van der Waals surface area contributed by atoms with Gasteiger partial charge in [-0.1, -0.05) is 22.9 Å². The number of hydrogen-bond acceptors (Lipinski definition) is 4. The summed E-state index contributed by atoms with van der Waals surface area (Å²) in [5, 5.41) is 0.734. The average Bonchev–Trinajstić information content (AvgIpc) is 2.39. The molecule has 0 aliphatic carbocycles. The summed E-state index contributed by atoms with van der Waals surface area (Å²) >= 11 is 3.42. The third-order valence-corrected chi connectivity index (χ3v) is 3.60. The summed E-state index contributed by atoms with van der Waals surface area (Å²) in [6.07, 6.45) is 2.00. The zero-order valence-corrected chi connectivity index (χ0v) is 11.3. The van der Waals surface area contributed by atoms with Gasteiger partial charge >= 0.3 is 0 Å². The van der Waals surface area contributed by atoms with Crippen LogP contribution in [0.3, 0.4) is 0 Å². The van der Waals surface area contributed by atoms with Crippen LogP contribution in [0.15, 0.2) is 6.33 Å². The maximum absolute atomic E-state index is 14.1. The minimum atomic E-state index is -0.303. The van der Waals surface area contributed by atoms with Crippen LogP contribution < -0.4 is 4.90 Å². The van der Waals surface area contributed by atoms with Crippen molar-refractivity contribution >= 4 is 21.7 Å².